The van der Waals surface area contributed by atoms with Gasteiger partial charge in [-0.1, -0.05) is 25.1 Å². The van der Waals surface area contributed by atoms with E-state index in [2.05, 4.69) is 10.1 Å². The fourth-order valence-corrected chi connectivity index (χ4v) is 2.72. The minimum absolute atomic E-state index is 0.0682. The van der Waals surface area contributed by atoms with E-state index in [-0.39, 0.29) is 18.3 Å². The van der Waals surface area contributed by atoms with Crippen LogP contribution in [0.1, 0.15) is 28.6 Å². The number of ketones is 1. The number of para-hydroxylation sites is 1. The number of esters is 1. The van der Waals surface area contributed by atoms with Crippen LogP contribution in [0.3, 0.4) is 0 Å². The van der Waals surface area contributed by atoms with Crippen molar-refractivity contribution in [2.75, 3.05) is 19.0 Å². The molecule has 0 aliphatic carbocycles. The van der Waals surface area contributed by atoms with Crippen molar-refractivity contribution in [3.05, 3.63) is 65.4 Å². The van der Waals surface area contributed by atoms with Gasteiger partial charge < -0.3 is 14.5 Å². The van der Waals surface area contributed by atoms with Crippen LogP contribution < -0.4 is 5.32 Å². The van der Waals surface area contributed by atoms with Gasteiger partial charge in [0.05, 0.1) is 12.7 Å². The lowest BCUT2D eigenvalue weighted by atomic mass is 9.99. The summed E-state index contributed by atoms with van der Waals surface area (Å²) in [4.78, 5) is 24.1. The first-order chi connectivity index (χ1) is 12.1. The van der Waals surface area contributed by atoms with Crippen molar-refractivity contribution in [3.63, 3.8) is 0 Å². The number of methoxy groups -OCH3 is 1. The highest BCUT2D eigenvalue weighted by Crippen LogP contribution is 2.28. The van der Waals surface area contributed by atoms with Crippen molar-refractivity contribution in [2.45, 2.75) is 13.3 Å². The topological polar surface area (TPSA) is 68.5 Å². The normalized spacial score (nSPS) is 10.6. The number of nitrogens with one attached hydrogen (secondary N) is 1. The molecule has 0 radical (unpaired) electrons. The number of ether oxygens (including phenoxy) is 1. The molecule has 1 aromatic heterocycles. The Hall–Kier alpha value is -3.08. The van der Waals surface area contributed by atoms with Crippen LogP contribution in [0.15, 0.2) is 52.9 Å². The molecule has 0 aliphatic rings. The molecule has 1 N–H and O–H groups in total. The standard InChI is InChI=1S/C20H19NO4/c1-3-16-19(15-6-4-5-7-17(15)25-16)20(23)13-8-10-14(11-9-13)21-12-18(22)24-2/h4-11,21H,3,12H2,1-2H3. The molecule has 2 aromatic carbocycles. The molecule has 1 heterocycles. The predicted molar refractivity (Wildman–Crippen MR) is 96.0 cm³/mol. The molecule has 0 unspecified atom stereocenters. The fourth-order valence-electron chi connectivity index (χ4n) is 2.72. The van der Waals surface area contributed by atoms with Crippen LogP contribution in [0.4, 0.5) is 5.69 Å². The van der Waals surface area contributed by atoms with Gasteiger partial charge >= 0.3 is 5.97 Å². The molecular formula is C20H19NO4. The number of aryl methyl sites for hydroxylation is 1. The molecule has 0 fully saturated rings. The minimum atomic E-state index is -0.349. The lowest BCUT2D eigenvalue weighted by Gasteiger charge is -2.06. The van der Waals surface area contributed by atoms with E-state index in [0.717, 1.165) is 16.7 Å². The van der Waals surface area contributed by atoms with Crippen LogP contribution >= 0.6 is 0 Å². The number of hydrogen-bond donors (Lipinski definition) is 1. The first kappa shape index (κ1) is 16.8. The Morgan fingerprint density at radius 3 is 2.48 bits per heavy atom. The largest absolute Gasteiger partial charge is 0.468 e. The maximum absolute atomic E-state index is 13.0. The molecule has 0 spiro atoms. The van der Waals surface area contributed by atoms with Crippen molar-refractivity contribution in [1.29, 1.82) is 0 Å². The summed E-state index contributed by atoms with van der Waals surface area (Å²) in [6, 6.07) is 14.6. The van der Waals surface area contributed by atoms with Gasteiger partial charge in [-0.2, -0.15) is 0 Å². The van der Waals surface area contributed by atoms with Gasteiger partial charge in [-0.15, -0.1) is 0 Å². The summed E-state index contributed by atoms with van der Waals surface area (Å²) >= 11 is 0. The average Bonchev–Trinajstić information content (AvgIpc) is 3.04. The first-order valence-corrected chi connectivity index (χ1v) is 8.10. The van der Waals surface area contributed by atoms with Gasteiger partial charge in [0.25, 0.3) is 0 Å². The maximum Gasteiger partial charge on any atom is 0.325 e. The second-order valence-corrected chi connectivity index (χ2v) is 5.59. The molecule has 3 rings (SSSR count). The maximum atomic E-state index is 13.0. The van der Waals surface area contributed by atoms with E-state index in [1.54, 1.807) is 24.3 Å². The molecule has 0 saturated carbocycles. The highest BCUT2D eigenvalue weighted by molar-refractivity contribution is 6.16. The van der Waals surface area contributed by atoms with Gasteiger partial charge in [0, 0.05) is 23.1 Å². The number of carbonyl (C=O) groups excluding carboxylic acids is 2. The number of hydrogen-bond acceptors (Lipinski definition) is 5. The zero-order valence-corrected chi connectivity index (χ0v) is 14.2. The molecule has 0 amide bonds. The number of furan rings is 1. The molecule has 5 heteroatoms. The molecular weight excluding hydrogens is 318 g/mol. The fraction of sp³-hybridized carbons (Fsp3) is 0.200. The third-order valence-corrected chi connectivity index (χ3v) is 4.03. The first-order valence-electron chi connectivity index (χ1n) is 8.10. The minimum Gasteiger partial charge on any atom is -0.468 e. The summed E-state index contributed by atoms with van der Waals surface area (Å²) in [5.74, 6) is 0.276. The molecule has 25 heavy (non-hydrogen) atoms. The van der Waals surface area contributed by atoms with Gasteiger partial charge in [-0.25, -0.2) is 0 Å². The predicted octanol–water partition coefficient (Wildman–Crippen LogP) is 3.81. The zero-order chi connectivity index (χ0) is 17.8. The van der Waals surface area contributed by atoms with E-state index < -0.39 is 0 Å². The van der Waals surface area contributed by atoms with Gasteiger partial charge in [0.2, 0.25) is 0 Å². The molecule has 5 nitrogen and oxygen atoms in total. The Morgan fingerprint density at radius 1 is 1.08 bits per heavy atom. The second-order valence-electron chi connectivity index (χ2n) is 5.59. The third kappa shape index (κ3) is 3.40. The number of anilines is 1. The summed E-state index contributed by atoms with van der Waals surface area (Å²) < 4.78 is 10.4. The van der Waals surface area contributed by atoms with Crippen LogP contribution in [0.25, 0.3) is 11.0 Å². The average molecular weight is 337 g/mol. The number of rotatable bonds is 6. The van der Waals surface area contributed by atoms with Crippen LogP contribution in [0.2, 0.25) is 0 Å². The van der Waals surface area contributed by atoms with Crippen molar-refractivity contribution in [2.24, 2.45) is 0 Å². The van der Waals surface area contributed by atoms with E-state index in [4.69, 9.17) is 4.42 Å². The number of carbonyl (C=O) groups is 2. The summed E-state index contributed by atoms with van der Waals surface area (Å²) in [6.07, 6.45) is 0.647. The highest BCUT2D eigenvalue weighted by atomic mass is 16.5. The van der Waals surface area contributed by atoms with Crippen LogP contribution in [-0.2, 0) is 16.0 Å². The Labute approximate surface area is 145 Å². The SMILES string of the molecule is CCc1oc2ccccc2c1C(=O)c1ccc(NCC(=O)OC)cc1. The van der Waals surface area contributed by atoms with E-state index in [9.17, 15) is 9.59 Å². The van der Waals surface area contributed by atoms with Crippen molar-refractivity contribution in [1.82, 2.24) is 0 Å². The van der Waals surface area contributed by atoms with E-state index in [1.165, 1.54) is 7.11 Å². The van der Waals surface area contributed by atoms with Crippen molar-refractivity contribution < 1.29 is 18.7 Å². The third-order valence-electron chi connectivity index (χ3n) is 4.03. The summed E-state index contributed by atoms with van der Waals surface area (Å²) in [5, 5.41) is 3.77. The Balaban J connectivity index is 1.87. The monoisotopic (exact) mass is 337 g/mol. The summed E-state index contributed by atoms with van der Waals surface area (Å²) in [6.45, 7) is 2.05. The van der Waals surface area contributed by atoms with Crippen LogP contribution in [0.5, 0.6) is 0 Å². The lowest BCUT2D eigenvalue weighted by Crippen LogP contribution is -2.15. The highest BCUT2D eigenvalue weighted by Gasteiger charge is 2.20. The Morgan fingerprint density at radius 2 is 1.80 bits per heavy atom. The molecule has 0 atom stereocenters. The van der Waals surface area contributed by atoms with Crippen LogP contribution in [-0.4, -0.2) is 25.4 Å². The number of fused-ring (bicyclic) bond motifs is 1. The smallest absolute Gasteiger partial charge is 0.325 e. The molecule has 0 saturated heterocycles. The van der Waals surface area contributed by atoms with E-state index in [0.29, 0.717) is 23.3 Å². The van der Waals surface area contributed by atoms with E-state index in [1.807, 2.05) is 31.2 Å². The molecule has 0 bridgehead atoms. The Kier molecular flexibility index (Phi) is 4.84. The number of benzene rings is 2. The van der Waals surface area contributed by atoms with Crippen molar-refractivity contribution >= 4 is 28.4 Å². The van der Waals surface area contributed by atoms with Gasteiger partial charge in [-0.3, -0.25) is 9.59 Å². The van der Waals surface area contributed by atoms with Gasteiger partial charge in [0.1, 0.15) is 17.9 Å². The van der Waals surface area contributed by atoms with Crippen LogP contribution in [0, 0.1) is 0 Å². The van der Waals surface area contributed by atoms with Crippen molar-refractivity contribution in [3.8, 4) is 0 Å². The molecule has 0 aliphatic heterocycles. The lowest BCUT2D eigenvalue weighted by molar-refractivity contribution is -0.138. The van der Waals surface area contributed by atoms with E-state index >= 15 is 0 Å². The second kappa shape index (κ2) is 7.21. The summed E-state index contributed by atoms with van der Waals surface area (Å²) in [7, 11) is 1.34. The van der Waals surface area contributed by atoms with Gasteiger partial charge in [0.15, 0.2) is 5.78 Å². The zero-order valence-electron chi connectivity index (χ0n) is 14.2. The summed E-state index contributed by atoms with van der Waals surface area (Å²) in [5.41, 5.74) is 2.66. The van der Waals surface area contributed by atoms with Gasteiger partial charge in [-0.05, 0) is 30.3 Å². The quantitative estimate of drug-likeness (QED) is 0.547. The molecule has 3 aromatic rings. The Bertz CT molecular complexity index is 909. The molecule has 128 valence electrons.